The van der Waals surface area contributed by atoms with Crippen molar-refractivity contribution in [1.82, 2.24) is 0 Å². The van der Waals surface area contributed by atoms with Crippen LogP contribution in [0.4, 0.5) is 11.4 Å². The molecule has 1 N–H and O–H groups in total. The van der Waals surface area contributed by atoms with E-state index in [1.54, 1.807) is 31.2 Å². The fourth-order valence-electron chi connectivity index (χ4n) is 2.65. The van der Waals surface area contributed by atoms with Crippen LogP contribution in [0, 0.1) is 20.8 Å². The van der Waals surface area contributed by atoms with Gasteiger partial charge < -0.3 is 5.32 Å². The highest BCUT2D eigenvalue weighted by molar-refractivity contribution is 7.92. The number of benzene rings is 2. The number of hydrogen-bond donors (Lipinski definition) is 1. The van der Waals surface area contributed by atoms with Crippen LogP contribution in [-0.2, 0) is 14.8 Å². The monoisotopic (exact) mass is 394 g/mol. The number of carbonyl (C=O) groups excluding carboxylic acids is 1. The van der Waals surface area contributed by atoms with Crippen molar-refractivity contribution in [3.8, 4) is 0 Å². The first kappa shape index (κ1) is 20.3. The molecule has 0 fully saturated rings. The minimum atomic E-state index is -3.69. The van der Waals surface area contributed by atoms with E-state index in [1.807, 2.05) is 32.9 Å². The molecule has 1 atom stereocenters. The van der Waals surface area contributed by atoms with Gasteiger partial charge in [-0.25, -0.2) is 8.42 Å². The van der Waals surface area contributed by atoms with E-state index in [1.165, 1.54) is 0 Å². The first-order valence-corrected chi connectivity index (χ1v) is 10.4. The summed E-state index contributed by atoms with van der Waals surface area (Å²) in [5, 5.41) is 3.26. The number of anilines is 2. The Hall–Kier alpha value is -2.05. The summed E-state index contributed by atoms with van der Waals surface area (Å²) in [6.07, 6.45) is 1.07. The highest BCUT2D eigenvalue weighted by Gasteiger charge is 2.29. The molecule has 2 rings (SSSR count). The lowest BCUT2D eigenvalue weighted by Crippen LogP contribution is -2.45. The molecule has 0 heterocycles. The molecule has 0 radical (unpaired) electrons. The van der Waals surface area contributed by atoms with E-state index in [-0.39, 0.29) is 0 Å². The van der Waals surface area contributed by atoms with Gasteiger partial charge in [0, 0.05) is 10.7 Å². The Morgan fingerprint density at radius 1 is 1.12 bits per heavy atom. The van der Waals surface area contributed by atoms with Crippen LogP contribution in [0.1, 0.15) is 23.6 Å². The summed E-state index contributed by atoms with van der Waals surface area (Å²) in [5.74, 6) is -0.416. The minimum absolute atomic E-state index is 0.353. The van der Waals surface area contributed by atoms with Crippen molar-refractivity contribution in [2.45, 2.75) is 33.7 Å². The average Bonchev–Trinajstić information content (AvgIpc) is 2.54. The molecule has 0 bridgehead atoms. The highest BCUT2D eigenvalue weighted by Crippen LogP contribution is 2.27. The number of rotatable bonds is 5. The van der Waals surface area contributed by atoms with E-state index in [9.17, 15) is 13.2 Å². The predicted octanol–water partition coefficient (Wildman–Crippen LogP) is 4.06. The second kappa shape index (κ2) is 7.68. The Labute approximate surface area is 160 Å². The molecule has 2 aromatic rings. The van der Waals surface area contributed by atoms with E-state index in [0.29, 0.717) is 16.4 Å². The lowest BCUT2D eigenvalue weighted by Gasteiger charge is -2.28. The molecular formula is C19H23ClN2O3S. The van der Waals surface area contributed by atoms with Crippen LogP contribution in [0.15, 0.2) is 36.4 Å². The summed E-state index contributed by atoms with van der Waals surface area (Å²) in [6, 6.07) is 9.57. The van der Waals surface area contributed by atoms with E-state index in [0.717, 1.165) is 27.3 Å². The SMILES string of the molecule is Cc1ccc(N([C@@H](C)C(=O)Nc2cccc(C)c2C)S(C)(=O)=O)cc1Cl. The summed E-state index contributed by atoms with van der Waals surface area (Å²) in [4.78, 5) is 12.7. The van der Waals surface area contributed by atoms with Gasteiger partial charge in [-0.15, -0.1) is 0 Å². The molecule has 0 unspecified atom stereocenters. The van der Waals surface area contributed by atoms with E-state index in [2.05, 4.69) is 5.32 Å². The number of amides is 1. The lowest BCUT2D eigenvalue weighted by molar-refractivity contribution is -0.116. The van der Waals surface area contributed by atoms with Gasteiger partial charge >= 0.3 is 0 Å². The van der Waals surface area contributed by atoms with E-state index in [4.69, 9.17) is 11.6 Å². The van der Waals surface area contributed by atoms with Crippen LogP contribution in [0.25, 0.3) is 0 Å². The predicted molar refractivity (Wildman–Crippen MR) is 108 cm³/mol. The number of hydrogen-bond acceptors (Lipinski definition) is 3. The molecule has 0 aliphatic rings. The maximum atomic E-state index is 12.7. The molecule has 0 aromatic heterocycles. The molecule has 1 amide bonds. The van der Waals surface area contributed by atoms with Gasteiger partial charge in [-0.1, -0.05) is 29.8 Å². The minimum Gasteiger partial charge on any atom is -0.324 e. The van der Waals surface area contributed by atoms with Gasteiger partial charge in [-0.05, 0) is 62.6 Å². The van der Waals surface area contributed by atoms with Crippen molar-refractivity contribution < 1.29 is 13.2 Å². The number of halogens is 1. The Balaban J connectivity index is 2.37. The molecule has 0 spiro atoms. The third kappa shape index (κ3) is 4.37. The Kier molecular flexibility index (Phi) is 5.98. The normalized spacial score (nSPS) is 12.5. The summed E-state index contributed by atoms with van der Waals surface area (Å²) in [7, 11) is -3.69. The molecule has 5 nitrogen and oxygen atoms in total. The molecular weight excluding hydrogens is 372 g/mol. The van der Waals surface area contributed by atoms with Crippen LogP contribution in [0.2, 0.25) is 5.02 Å². The van der Waals surface area contributed by atoms with Gasteiger partial charge in [0.05, 0.1) is 11.9 Å². The number of aryl methyl sites for hydroxylation is 2. The summed E-state index contributed by atoms with van der Waals surface area (Å²) in [6.45, 7) is 7.23. The zero-order valence-corrected chi connectivity index (χ0v) is 17.1. The lowest BCUT2D eigenvalue weighted by atomic mass is 10.1. The third-order valence-corrected chi connectivity index (χ3v) is 6.01. The fourth-order valence-corrected chi connectivity index (χ4v) is 3.99. The standard InChI is InChI=1S/C19H23ClN2O3S/c1-12-7-6-8-18(14(12)3)21-19(23)15(4)22(26(5,24)25)16-10-9-13(2)17(20)11-16/h6-11,15H,1-5H3,(H,21,23)/t15-/m0/s1. The largest absolute Gasteiger partial charge is 0.324 e. The van der Waals surface area contributed by atoms with Gasteiger partial charge in [0.1, 0.15) is 6.04 Å². The summed E-state index contributed by atoms with van der Waals surface area (Å²) < 4.78 is 25.8. The molecule has 0 aliphatic heterocycles. The van der Waals surface area contributed by atoms with Crippen molar-refractivity contribution in [2.24, 2.45) is 0 Å². The van der Waals surface area contributed by atoms with Gasteiger partial charge in [-0.2, -0.15) is 0 Å². The van der Waals surface area contributed by atoms with E-state index >= 15 is 0 Å². The van der Waals surface area contributed by atoms with Crippen LogP contribution < -0.4 is 9.62 Å². The number of sulfonamides is 1. The highest BCUT2D eigenvalue weighted by atomic mass is 35.5. The van der Waals surface area contributed by atoms with Gasteiger partial charge in [0.15, 0.2) is 0 Å². The van der Waals surface area contributed by atoms with Gasteiger partial charge in [-0.3, -0.25) is 9.10 Å². The van der Waals surface area contributed by atoms with E-state index < -0.39 is 22.0 Å². The Bertz CT molecular complexity index is 942. The van der Waals surface area contributed by atoms with Crippen molar-refractivity contribution >= 4 is 38.9 Å². The first-order chi connectivity index (χ1) is 12.0. The van der Waals surface area contributed by atoms with Crippen LogP contribution in [0.3, 0.4) is 0 Å². The molecule has 2 aromatic carbocycles. The average molecular weight is 395 g/mol. The number of nitrogens with one attached hydrogen (secondary N) is 1. The van der Waals surface area contributed by atoms with Crippen LogP contribution in [-0.4, -0.2) is 26.6 Å². The molecule has 7 heteroatoms. The topological polar surface area (TPSA) is 66.5 Å². The van der Waals surface area contributed by atoms with Gasteiger partial charge in [0.25, 0.3) is 0 Å². The smallest absolute Gasteiger partial charge is 0.248 e. The van der Waals surface area contributed by atoms with Crippen molar-refractivity contribution in [3.05, 3.63) is 58.1 Å². The molecule has 0 saturated carbocycles. The van der Waals surface area contributed by atoms with Crippen molar-refractivity contribution in [3.63, 3.8) is 0 Å². The second-order valence-electron chi connectivity index (χ2n) is 6.40. The van der Waals surface area contributed by atoms with Crippen LogP contribution in [0.5, 0.6) is 0 Å². The number of nitrogens with zero attached hydrogens (tertiary/aromatic N) is 1. The maximum absolute atomic E-state index is 12.7. The van der Waals surface area contributed by atoms with Crippen molar-refractivity contribution in [2.75, 3.05) is 15.9 Å². The molecule has 0 aliphatic carbocycles. The zero-order valence-electron chi connectivity index (χ0n) is 15.5. The fraction of sp³-hybridized carbons (Fsp3) is 0.316. The quantitative estimate of drug-likeness (QED) is 0.831. The Morgan fingerprint density at radius 3 is 2.35 bits per heavy atom. The molecule has 26 heavy (non-hydrogen) atoms. The number of carbonyl (C=O) groups is 1. The van der Waals surface area contributed by atoms with Gasteiger partial charge in [0.2, 0.25) is 15.9 Å². The third-order valence-electron chi connectivity index (χ3n) is 4.36. The molecule has 140 valence electrons. The first-order valence-electron chi connectivity index (χ1n) is 8.15. The second-order valence-corrected chi connectivity index (χ2v) is 8.67. The summed E-state index contributed by atoms with van der Waals surface area (Å²) >= 11 is 6.14. The Morgan fingerprint density at radius 2 is 1.77 bits per heavy atom. The summed E-state index contributed by atoms with van der Waals surface area (Å²) in [5.41, 5.74) is 3.83. The molecule has 0 saturated heterocycles. The maximum Gasteiger partial charge on any atom is 0.248 e. The zero-order chi connectivity index (χ0) is 19.6. The van der Waals surface area contributed by atoms with Crippen LogP contribution >= 0.6 is 11.6 Å². The van der Waals surface area contributed by atoms with Crippen molar-refractivity contribution in [1.29, 1.82) is 0 Å².